The van der Waals surface area contributed by atoms with Gasteiger partial charge in [-0.2, -0.15) is 0 Å². The molecule has 0 atom stereocenters. The second-order valence-corrected chi connectivity index (χ2v) is 8.92. The van der Waals surface area contributed by atoms with E-state index in [0.29, 0.717) is 4.47 Å². The lowest BCUT2D eigenvalue weighted by Crippen LogP contribution is -2.13. The minimum absolute atomic E-state index is 0.0602. The zero-order chi connectivity index (χ0) is 15.6. The predicted octanol–water partition coefficient (Wildman–Crippen LogP) is 3.97. The Hall–Kier alpha value is -0.590. The van der Waals surface area contributed by atoms with Crippen molar-refractivity contribution in [2.75, 3.05) is 6.61 Å². The molecule has 1 aromatic rings. The lowest BCUT2D eigenvalue weighted by Gasteiger charge is -2.17. The third kappa shape index (κ3) is 5.42. The fourth-order valence-corrected chi connectivity index (χ4v) is 3.47. The van der Waals surface area contributed by atoms with Crippen molar-refractivity contribution < 1.29 is 17.9 Å². The number of carbonyl (C=O) groups is 1. The summed E-state index contributed by atoms with van der Waals surface area (Å²) in [5.74, 6) is -0.566. The van der Waals surface area contributed by atoms with E-state index in [1.54, 1.807) is 0 Å². The lowest BCUT2D eigenvalue weighted by molar-refractivity contribution is 0.0464. The van der Waals surface area contributed by atoms with Crippen LogP contribution in [-0.4, -0.2) is 21.0 Å². The van der Waals surface area contributed by atoms with Gasteiger partial charge in [-0.25, -0.2) is 13.2 Å². The first-order valence-corrected chi connectivity index (χ1v) is 9.02. The maximum absolute atomic E-state index is 11.8. The summed E-state index contributed by atoms with van der Waals surface area (Å²) in [6.07, 6.45) is 0.718. The highest BCUT2D eigenvalue weighted by atomic mass is 79.9. The quantitative estimate of drug-likeness (QED) is 0.583. The lowest BCUT2D eigenvalue weighted by atomic mass is 9.93. The van der Waals surface area contributed by atoms with Crippen molar-refractivity contribution in [3.8, 4) is 0 Å². The molecule has 0 spiro atoms. The van der Waals surface area contributed by atoms with Gasteiger partial charge in [-0.05, 0) is 46.0 Å². The molecule has 4 nitrogen and oxygen atoms in total. The highest BCUT2D eigenvalue weighted by Crippen LogP contribution is 2.26. The van der Waals surface area contributed by atoms with Gasteiger partial charge in [0.2, 0.25) is 0 Å². The van der Waals surface area contributed by atoms with Gasteiger partial charge in [0, 0.05) is 15.2 Å². The molecule has 1 aromatic carbocycles. The summed E-state index contributed by atoms with van der Waals surface area (Å²) < 4.78 is 28.1. The molecular weight excluding hydrogens is 368 g/mol. The van der Waals surface area contributed by atoms with Gasteiger partial charge in [-0.1, -0.05) is 20.8 Å². The predicted molar refractivity (Wildman–Crippen MR) is 81.5 cm³/mol. The molecule has 0 saturated heterocycles. The van der Waals surface area contributed by atoms with Gasteiger partial charge in [-0.15, -0.1) is 0 Å². The second-order valence-electron chi connectivity index (χ2n) is 5.53. The van der Waals surface area contributed by atoms with Crippen molar-refractivity contribution in [2.24, 2.45) is 5.41 Å². The monoisotopic (exact) mass is 382 g/mol. The first kappa shape index (κ1) is 17.5. The van der Waals surface area contributed by atoms with Crippen molar-refractivity contribution in [1.82, 2.24) is 0 Å². The van der Waals surface area contributed by atoms with E-state index in [1.807, 2.05) is 20.8 Å². The molecule has 20 heavy (non-hydrogen) atoms. The standard InChI is InChI=1S/C13H16BrClO4S/c1-13(2,3)6-7-19-12(16)9-4-5-10(14)11(8-9)20(15,17)18/h4-5,8H,6-7H2,1-3H3. The summed E-state index contributed by atoms with van der Waals surface area (Å²) in [4.78, 5) is 11.7. The number of ether oxygens (including phenoxy) is 1. The Labute approximate surface area is 132 Å². The van der Waals surface area contributed by atoms with Crippen LogP contribution in [0.1, 0.15) is 37.6 Å². The Kier molecular flexibility index (Phi) is 5.63. The number of carbonyl (C=O) groups excluding carboxylic acids is 1. The molecule has 0 radical (unpaired) electrons. The maximum atomic E-state index is 11.8. The summed E-state index contributed by atoms with van der Waals surface area (Å²) in [5.41, 5.74) is 0.214. The molecule has 0 N–H and O–H groups in total. The van der Waals surface area contributed by atoms with E-state index in [-0.39, 0.29) is 22.5 Å². The third-order valence-electron chi connectivity index (χ3n) is 2.51. The Balaban J connectivity index is 2.85. The van der Waals surface area contributed by atoms with Crippen LogP contribution in [0.2, 0.25) is 0 Å². The van der Waals surface area contributed by atoms with Crippen LogP contribution in [0.4, 0.5) is 0 Å². The number of hydrogen-bond acceptors (Lipinski definition) is 4. The topological polar surface area (TPSA) is 60.4 Å². The van der Waals surface area contributed by atoms with Crippen molar-refractivity contribution in [2.45, 2.75) is 32.1 Å². The minimum Gasteiger partial charge on any atom is -0.462 e. The Morgan fingerprint density at radius 1 is 1.35 bits per heavy atom. The van der Waals surface area contributed by atoms with E-state index in [4.69, 9.17) is 15.4 Å². The largest absolute Gasteiger partial charge is 0.462 e. The van der Waals surface area contributed by atoms with Crippen LogP contribution in [-0.2, 0) is 13.8 Å². The van der Waals surface area contributed by atoms with Gasteiger partial charge in [0.25, 0.3) is 9.05 Å². The molecule has 0 aliphatic rings. The van der Waals surface area contributed by atoms with E-state index >= 15 is 0 Å². The zero-order valence-electron chi connectivity index (χ0n) is 11.4. The van der Waals surface area contributed by atoms with E-state index in [1.165, 1.54) is 18.2 Å². The Morgan fingerprint density at radius 2 is 1.95 bits per heavy atom. The molecule has 7 heteroatoms. The van der Waals surface area contributed by atoms with Crippen LogP contribution >= 0.6 is 26.6 Å². The molecule has 0 bridgehead atoms. The van der Waals surface area contributed by atoms with Crippen LogP contribution in [0.3, 0.4) is 0 Å². The SMILES string of the molecule is CC(C)(C)CCOC(=O)c1ccc(Br)c(S(=O)(=O)Cl)c1. The van der Waals surface area contributed by atoms with Gasteiger partial charge in [0.1, 0.15) is 0 Å². The number of halogens is 2. The van der Waals surface area contributed by atoms with Crippen molar-refractivity contribution in [3.05, 3.63) is 28.2 Å². The Bertz CT molecular complexity index is 605. The van der Waals surface area contributed by atoms with Gasteiger partial charge in [0.15, 0.2) is 0 Å². The molecule has 0 aliphatic heterocycles. The van der Waals surface area contributed by atoms with Crippen LogP contribution in [0, 0.1) is 5.41 Å². The first-order chi connectivity index (χ1) is 9.00. The molecular formula is C13H16BrClO4S. The van der Waals surface area contributed by atoms with Crippen LogP contribution < -0.4 is 0 Å². The van der Waals surface area contributed by atoms with Gasteiger partial charge >= 0.3 is 5.97 Å². The number of rotatable bonds is 4. The van der Waals surface area contributed by atoms with Crippen molar-refractivity contribution in [3.63, 3.8) is 0 Å². The molecule has 0 fully saturated rings. The van der Waals surface area contributed by atoms with Gasteiger partial charge in [-0.3, -0.25) is 0 Å². The first-order valence-electron chi connectivity index (χ1n) is 5.92. The van der Waals surface area contributed by atoms with E-state index in [2.05, 4.69) is 15.9 Å². The highest BCUT2D eigenvalue weighted by Gasteiger charge is 2.18. The van der Waals surface area contributed by atoms with Gasteiger partial charge < -0.3 is 4.74 Å². The van der Waals surface area contributed by atoms with Crippen LogP contribution in [0.15, 0.2) is 27.6 Å². The molecule has 0 amide bonds. The minimum atomic E-state index is -3.92. The molecule has 1 rings (SSSR count). The molecule has 0 unspecified atom stereocenters. The number of esters is 1. The molecule has 0 heterocycles. The molecule has 0 aliphatic carbocycles. The average molecular weight is 384 g/mol. The summed E-state index contributed by atoms with van der Waals surface area (Å²) in [5, 5.41) is 0. The van der Waals surface area contributed by atoms with Gasteiger partial charge in [0.05, 0.1) is 17.1 Å². The number of hydrogen-bond donors (Lipinski definition) is 0. The van der Waals surface area contributed by atoms with Crippen molar-refractivity contribution >= 4 is 41.6 Å². The summed E-state index contributed by atoms with van der Waals surface area (Å²) in [6, 6.07) is 4.14. The summed E-state index contributed by atoms with van der Waals surface area (Å²) in [7, 11) is 1.38. The fourth-order valence-electron chi connectivity index (χ4n) is 1.35. The Morgan fingerprint density at radius 3 is 2.45 bits per heavy atom. The molecule has 0 aromatic heterocycles. The number of benzene rings is 1. The average Bonchev–Trinajstić information content (AvgIpc) is 2.26. The fraction of sp³-hybridized carbons (Fsp3) is 0.462. The maximum Gasteiger partial charge on any atom is 0.338 e. The van der Waals surface area contributed by atoms with E-state index in [9.17, 15) is 13.2 Å². The van der Waals surface area contributed by atoms with E-state index in [0.717, 1.165) is 6.42 Å². The van der Waals surface area contributed by atoms with Crippen LogP contribution in [0.25, 0.3) is 0 Å². The molecule has 0 saturated carbocycles. The second kappa shape index (κ2) is 6.45. The smallest absolute Gasteiger partial charge is 0.338 e. The van der Waals surface area contributed by atoms with Crippen LogP contribution in [0.5, 0.6) is 0 Å². The third-order valence-corrected chi connectivity index (χ3v) is 4.83. The zero-order valence-corrected chi connectivity index (χ0v) is 14.6. The summed E-state index contributed by atoms with van der Waals surface area (Å²) in [6.45, 7) is 6.40. The normalized spacial score (nSPS) is 12.2. The molecule has 112 valence electrons. The van der Waals surface area contributed by atoms with E-state index < -0.39 is 15.0 Å². The summed E-state index contributed by atoms with van der Waals surface area (Å²) >= 11 is 3.08. The highest BCUT2D eigenvalue weighted by molar-refractivity contribution is 9.10. The van der Waals surface area contributed by atoms with Crippen molar-refractivity contribution in [1.29, 1.82) is 0 Å².